The van der Waals surface area contributed by atoms with Crippen LogP contribution in [0.15, 0.2) is 97.1 Å². The Labute approximate surface area is 290 Å². The normalized spacial score (nSPS) is 18.4. The minimum Gasteiger partial charge on any atom is -0.461 e. The lowest BCUT2D eigenvalue weighted by Crippen LogP contribution is -2.46. The molecular weight excluding hydrogens is 642 g/mol. The van der Waals surface area contributed by atoms with Gasteiger partial charge in [0.15, 0.2) is 12.2 Å². The molecule has 1 saturated heterocycles. The van der Waals surface area contributed by atoms with Gasteiger partial charge < -0.3 is 18.9 Å². The molecule has 4 aromatic rings. The van der Waals surface area contributed by atoms with Gasteiger partial charge in [0.05, 0.1) is 32.9 Å². The van der Waals surface area contributed by atoms with Crippen LogP contribution in [0.1, 0.15) is 63.7 Å². The molecule has 0 bridgehead atoms. The van der Waals surface area contributed by atoms with Crippen LogP contribution in [0.2, 0.25) is 0 Å². The second-order valence-electron chi connectivity index (χ2n) is 12.0. The quantitative estimate of drug-likeness (QED) is 0.102. The highest BCUT2D eigenvalue weighted by Gasteiger charge is 2.49. The molecule has 4 aromatic carbocycles. The van der Waals surface area contributed by atoms with Crippen molar-refractivity contribution in [2.24, 2.45) is 0 Å². The van der Waals surface area contributed by atoms with Gasteiger partial charge >= 0.3 is 23.9 Å². The standard InChI is InChI=1S/C39H39NO8S/c1-24-5-13-28(14-6-24)36(41)45-22-21-40-35-34(48-39(44)31-19-11-27(4)12-20-31)33(47-38(43)30-17-9-26(3)10-18-30)32(49-35)23-46-37(42)29-15-7-25(2)8-16-29/h5-20,32-35,40H,21-23H2,1-4H3/t32-,33-,34-,35?/m0/s1. The molecule has 1 aliphatic rings. The van der Waals surface area contributed by atoms with Crippen molar-refractivity contribution in [3.05, 3.63) is 142 Å². The maximum Gasteiger partial charge on any atom is 0.338 e. The fourth-order valence-corrected chi connectivity index (χ4v) is 6.58. The smallest absolute Gasteiger partial charge is 0.338 e. The first-order chi connectivity index (χ1) is 23.6. The molecule has 5 rings (SSSR count). The van der Waals surface area contributed by atoms with Crippen LogP contribution in [0, 0.1) is 27.7 Å². The summed E-state index contributed by atoms with van der Waals surface area (Å²) in [7, 11) is 0. The van der Waals surface area contributed by atoms with Crippen molar-refractivity contribution in [2.75, 3.05) is 19.8 Å². The van der Waals surface area contributed by atoms with Crippen LogP contribution < -0.4 is 5.32 Å². The van der Waals surface area contributed by atoms with E-state index in [1.807, 2.05) is 52.0 Å². The molecular formula is C39H39NO8S. The van der Waals surface area contributed by atoms with Gasteiger partial charge in [0.2, 0.25) is 0 Å². The molecule has 0 amide bonds. The number of ether oxygens (including phenoxy) is 4. The van der Waals surface area contributed by atoms with Gasteiger partial charge in [-0.05, 0) is 76.2 Å². The third-order valence-electron chi connectivity index (χ3n) is 8.00. The minimum absolute atomic E-state index is 0.0310. The molecule has 0 saturated carbocycles. The number of rotatable bonds is 12. The number of carbonyl (C=O) groups excluding carboxylic acids is 4. The number of hydrogen-bond donors (Lipinski definition) is 1. The van der Waals surface area contributed by atoms with Crippen molar-refractivity contribution in [2.45, 2.75) is 50.5 Å². The van der Waals surface area contributed by atoms with Gasteiger partial charge in [-0.3, -0.25) is 5.32 Å². The average molecular weight is 682 g/mol. The van der Waals surface area contributed by atoms with E-state index in [2.05, 4.69) is 5.32 Å². The van der Waals surface area contributed by atoms with Crippen LogP contribution in [-0.2, 0) is 18.9 Å². The number of aryl methyl sites for hydroxylation is 4. The Hall–Kier alpha value is -4.93. The van der Waals surface area contributed by atoms with Gasteiger partial charge in [0.1, 0.15) is 13.2 Å². The molecule has 1 fully saturated rings. The second kappa shape index (κ2) is 16.5. The highest BCUT2D eigenvalue weighted by molar-refractivity contribution is 8.00. The summed E-state index contributed by atoms with van der Waals surface area (Å²) in [4.78, 5) is 52.4. The van der Waals surface area contributed by atoms with Crippen LogP contribution in [-0.4, -0.2) is 66.5 Å². The summed E-state index contributed by atoms with van der Waals surface area (Å²) < 4.78 is 23.3. The molecule has 1 aliphatic heterocycles. The van der Waals surface area contributed by atoms with Crippen LogP contribution in [0.4, 0.5) is 0 Å². The largest absolute Gasteiger partial charge is 0.461 e. The maximum absolute atomic E-state index is 13.4. The third kappa shape index (κ3) is 9.58. The van der Waals surface area contributed by atoms with E-state index in [9.17, 15) is 19.2 Å². The molecule has 254 valence electrons. The number of thioether (sulfide) groups is 1. The summed E-state index contributed by atoms with van der Waals surface area (Å²) in [5.41, 5.74) is 5.47. The van der Waals surface area contributed by atoms with E-state index in [0.29, 0.717) is 22.3 Å². The molecule has 49 heavy (non-hydrogen) atoms. The molecule has 1 unspecified atom stereocenters. The van der Waals surface area contributed by atoms with E-state index in [0.717, 1.165) is 22.3 Å². The summed E-state index contributed by atoms with van der Waals surface area (Å²) in [6.45, 7) is 7.80. The molecule has 10 heteroatoms. The Morgan fingerprint density at radius 3 is 1.33 bits per heavy atom. The summed E-state index contributed by atoms with van der Waals surface area (Å²) in [6.07, 6.45) is -1.98. The van der Waals surface area contributed by atoms with Crippen LogP contribution in [0.3, 0.4) is 0 Å². The lowest BCUT2D eigenvalue weighted by molar-refractivity contribution is -0.0382. The lowest BCUT2D eigenvalue weighted by atomic mass is 10.1. The average Bonchev–Trinajstić information content (AvgIpc) is 3.41. The Morgan fingerprint density at radius 2 is 0.898 bits per heavy atom. The predicted molar refractivity (Wildman–Crippen MR) is 187 cm³/mol. The Balaban J connectivity index is 1.35. The van der Waals surface area contributed by atoms with Crippen molar-refractivity contribution < 1.29 is 38.1 Å². The van der Waals surface area contributed by atoms with E-state index in [-0.39, 0.29) is 19.8 Å². The monoisotopic (exact) mass is 681 g/mol. The topological polar surface area (TPSA) is 117 Å². The Kier molecular flexibility index (Phi) is 11.9. The van der Waals surface area contributed by atoms with Crippen molar-refractivity contribution in [3.63, 3.8) is 0 Å². The van der Waals surface area contributed by atoms with E-state index < -0.39 is 46.7 Å². The number of esters is 4. The van der Waals surface area contributed by atoms with E-state index in [1.54, 1.807) is 72.8 Å². The number of nitrogens with one attached hydrogen (secondary N) is 1. The highest BCUT2D eigenvalue weighted by Crippen LogP contribution is 2.38. The third-order valence-corrected chi connectivity index (χ3v) is 9.49. The maximum atomic E-state index is 13.4. The van der Waals surface area contributed by atoms with E-state index in [4.69, 9.17) is 18.9 Å². The molecule has 1 N–H and O–H groups in total. The zero-order valence-corrected chi connectivity index (χ0v) is 28.7. The first-order valence-corrected chi connectivity index (χ1v) is 16.9. The number of benzene rings is 4. The molecule has 0 radical (unpaired) electrons. The van der Waals surface area contributed by atoms with Gasteiger partial charge in [0.25, 0.3) is 0 Å². The van der Waals surface area contributed by atoms with Crippen molar-refractivity contribution >= 4 is 35.6 Å². The van der Waals surface area contributed by atoms with Crippen LogP contribution >= 0.6 is 11.8 Å². The zero-order valence-electron chi connectivity index (χ0n) is 27.8. The molecule has 0 spiro atoms. The van der Waals surface area contributed by atoms with Crippen molar-refractivity contribution in [3.8, 4) is 0 Å². The summed E-state index contributed by atoms with van der Waals surface area (Å²) >= 11 is 1.32. The van der Waals surface area contributed by atoms with Gasteiger partial charge in [-0.25, -0.2) is 19.2 Å². The molecule has 0 aromatic heterocycles. The molecule has 9 nitrogen and oxygen atoms in total. The van der Waals surface area contributed by atoms with Crippen molar-refractivity contribution in [1.82, 2.24) is 5.32 Å². The first-order valence-electron chi connectivity index (χ1n) is 16.0. The van der Waals surface area contributed by atoms with Crippen molar-refractivity contribution in [1.29, 1.82) is 0 Å². The SMILES string of the molecule is Cc1ccc(C(=O)OCCNC2S[C@@H](COC(=O)c3ccc(C)cc3)[C@H](OC(=O)c3ccc(C)cc3)[C@@H]2OC(=O)c2ccc(C)cc2)cc1. The summed E-state index contributed by atoms with van der Waals surface area (Å²) in [5, 5.41) is 2.09. The summed E-state index contributed by atoms with van der Waals surface area (Å²) in [5.74, 6) is -2.20. The van der Waals surface area contributed by atoms with E-state index >= 15 is 0 Å². The van der Waals surface area contributed by atoms with Crippen LogP contribution in [0.5, 0.6) is 0 Å². The molecule has 0 aliphatic carbocycles. The second-order valence-corrected chi connectivity index (χ2v) is 13.4. The van der Waals surface area contributed by atoms with Crippen LogP contribution in [0.25, 0.3) is 0 Å². The minimum atomic E-state index is -0.994. The lowest BCUT2D eigenvalue weighted by Gasteiger charge is -2.26. The fourth-order valence-electron chi connectivity index (χ4n) is 5.11. The van der Waals surface area contributed by atoms with Gasteiger partial charge in [-0.15, -0.1) is 11.8 Å². The highest BCUT2D eigenvalue weighted by atomic mass is 32.2. The number of hydrogen-bond acceptors (Lipinski definition) is 10. The van der Waals surface area contributed by atoms with Gasteiger partial charge in [-0.1, -0.05) is 70.8 Å². The molecule has 1 heterocycles. The Bertz CT molecular complexity index is 1760. The summed E-state index contributed by atoms with van der Waals surface area (Å²) in [6, 6.07) is 28.0. The van der Waals surface area contributed by atoms with E-state index in [1.165, 1.54) is 11.8 Å². The number of carbonyl (C=O) groups is 4. The predicted octanol–water partition coefficient (Wildman–Crippen LogP) is 6.42. The first kappa shape index (κ1) is 35.4. The molecule has 4 atom stereocenters. The van der Waals surface area contributed by atoms with Gasteiger partial charge in [0, 0.05) is 6.54 Å². The fraction of sp³-hybridized carbons (Fsp3) is 0.282. The Morgan fingerprint density at radius 1 is 0.531 bits per heavy atom. The zero-order chi connectivity index (χ0) is 34.9. The van der Waals surface area contributed by atoms with Gasteiger partial charge in [-0.2, -0.15) is 0 Å².